The minimum absolute atomic E-state index is 0.0399. The number of carbonyl (C=O) groups is 1. The smallest absolute Gasteiger partial charge is 0.314 e. The summed E-state index contributed by atoms with van der Waals surface area (Å²) in [5, 5.41) is 2.66. The second-order valence-corrected chi connectivity index (χ2v) is 7.55. The van der Waals surface area contributed by atoms with E-state index in [2.05, 4.69) is 10.3 Å². The van der Waals surface area contributed by atoms with Crippen molar-refractivity contribution in [2.75, 3.05) is 5.32 Å². The molecule has 27 heavy (non-hydrogen) atoms. The van der Waals surface area contributed by atoms with Gasteiger partial charge < -0.3 is 10.2 Å². The summed E-state index contributed by atoms with van der Waals surface area (Å²) in [6, 6.07) is 1.09. The number of aliphatic imine (C=N–C) groups is 1. The maximum Gasteiger partial charge on any atom is 0.322 e. The molecule has 2 amide bonds. The fourth-order valence-corrected chi connectivity index (χ4v) is 4.28. The Balaban J connectivity index is 1.62. The first-order valence-electron chi connectivity index (χ1n) is 8.39. The standard InChI is InChI=1S/C18H14Cl2F3N3O/c19-10-5-12(21)14(6-11(10)20)25-18(27)26-15-1-2-16(26)9-3-8(15)4-13(22)17(23)24-7-9/h3,5-8,15-16H,1-2,4H2,(H,25,27)/b17-13+,24-7?. The molecule has 3 aliphatic heterocycles. The van der Waals surface area contributed by atoms with E-state index < -0.39 is 23.6 Å². The van der Waals surface area contributed by atoms with Crippen LogP contribution in [0, 0.1) is 11.7 Å². The minimum atomic E-state index is -1.12. The molecule has 0 aromatic heterocycles. The fraction of sp³-hybridized carbons (Fsp3) is 0.333. The van der Waals surface area contributed by atoms with Crippen molar-refractivity contribution in [1.29, 1.82) is 0 Å². The number of rotatable bonds is 1. The van der Waals surface area contributed by atoms with E-state index in [9.17, 15) is 18.0 Å². The number of hydrogen-bond donors (Lipinski definition) is 1. The van der Waals surface area contributed by atoms with Gasteiger partial charge in [-0.1, -0.05) is 29.3 Å². The third-order valence-electron chi connectivity index (χ3n) is 5.17. The summed E-state index contributed by atoms with van der Waals surface area (Å²) in [5.74, 6) is -3.15. The lowest BCUT2D eigenvalue weighted by molar-refractivity contribution is 0.171. The number of fused-ring (bicyclic) bond motifs is 5. The van der Waals surface area contributed by atoms with Gasteiger partial charge >= 0.3 is 6.03 Å². The first kappa shape index (κ1) is 18.4. The predicted octanol–water partition coefficient (Wildman–Crippen LogP) is 5.64. The summed E-state index contributed by atoms with van der Waals surface area (Å²) in [4.78, 5) is 17.9. The first-order valence-corrected chi connectivity index (χ1v) is 9.14. The number of nitrogens with zero attached hydrogens (tertiary/aromatic N) is 2. The molecule has 1 fully saturated rings. The van der Waals surface area contributed by atoms with Crippen LogP contribution in [0.3, 0.4) is 0 Å². The van der Waals surface area contributed by atoms with Crippen LogP contribution in [-0.2, 0) is 0 Å². The summed E-state index contributed by atoms with van der Waals surface area (Å²) >= 11 is 11.7. The zero-order chi connectivity index (χ0) is 19.3. The zero-order valence-corrected chi connectivity index (χ0v) is 15.4. The number of anilines is 1. The van der Waals surface area contributed by atoms with E-state index in [4.69, 9.17) is 23.2 Å². The maximum absolute atomic E-state index is 14.1. The lowest BCUT2D eigenvalue weighted by atomic mass is 9.89. The van der Waals surface area contributed by atoms with Gasteiger partial charge in [0.15, 0.2) is 5.83 Å². The van der Waals surface area contributed by atoms with Gasteiger partial charge in [-0.15, -0.1) is 0 Å². The SMILES string of the molecule is O=C(Nc1cc(Cl)c(Cl)cc1F)N1C2CCC1C1C=C2C=N/C(F)=C(/F)C1. The number of hydrogen-bond acceptors (Lipinski definition) is 2. The number of halogens is 5. The van der Waals surface area contributed by atoms with Crippen molar-refractivity contribution in [3.63, 3.8) is 0 Å². The summed E-state index contributed by atoms with van der Waals surface area (Å²) < 4.78 is 41.6. The van der Waals surface area contributed by atoms with Crippen molar-refractivity contribution in [2.24, 2.45) is 10.9 Å². The van der Waals surface area contributed by atoms with Gasteiger partial charge in [0.25, 0.3) is 0 Å². The van der Waals surface area contributed by atoms with E-state index in [0.29, 0.717) is 18.4 Å². The van der Waals surface area contributed by atoms with Crippen molar-refractivity contribution in [3.05, 3.63) is 51.4 Å². The van der Waals surface area contributed by atoms with Crippen LogP contribution in [-0.4, -0.2) is 29.2 Å². The second kappa shape index (κ2) is 6.87. The highest BCUT2D eigenvalue weighted by molar-refractivity contribution is 6.42. The van der Waals surface area contributed by atoms with Crippen LogP contribution in [0.1, 0.15) is 19.3 Å². The highest BCUT2D eigenvalue weighted by Crippen LogP contribution is 2.42. The van der Waals surface area contributed by atoms with Crippen molar-refractivity contribution < 1.29 is 18.0 Å². The van der Waals surface area contributed by atoms with Crippen LogP contribution in [0.25, 0.3) is 0 Å². The lowest BCUT2D eigenvalue weighted by Crippen LogP contribution is -2.50. The normalized spacial score (nSPS) is 29.3. The molecule has 3 heterocycles. The van der Waals surface area contributed by atoms with Crippen molar-refractivity contribution in [3.8, 4) is 0 Å². The van der Waals surface area contributed by atoms with E-state index >= 15 is 0 Å². The molecule has 1 aromatic carbocycles. The van der Waals surface area contributed by atoms with E-state index in [0.717, 1.165) is 6.07 Å². The Labute approximate surface area is 163 Å². The van der Waals surface area contributed by atoms with E-state index in [1.165, 1.54) is 12.3 Å². The second-order valence-electron chi connectivity index (χ2n) is 6.73. The largest absolute Gasteiger partial charge is 0.322 e. The van der Waals surface area contributed by atoms with Gasteiger partial charge in [0.1, 0.15) is 5.82 Å². The minimum Gasteiger partial charge on any atom is -0.314 e. The van der Waals surface area contributed by atoms with Gasteiger partial charge in [-0.05, 0) is 30.5 Å². The van der Waals surface area contributed by atoms with E-state index in [1.807, 2.05) is 6.08 Å². The lowest BCUT2D eigenvalue weighted by Gasteiger charge is -2.39. The van der Waals surface area contributed by atoms with Crippen LogP contribution in [0.5, 0.6) is 0 Å². The third kappa shape index (κ3) is 3.23. The van der Waals surface area contributed by atoms with Crippen molar-refractivity contribution in [1.82, 2.24) is 4.90 Å². The topological polar surface area (TPSA) is 44.7 Å². The number of amides is 2. The molecule has 0 saturated carbocycles. The first-order chi connectivity index (χ1) is 12.8. The molecule has 1 N–H and O–H groups in total. The van der Waals surface area contributed by atoms with Crippen LogP contribution in [0.15, 0.2) is 40.6 Å². The Morgan fingerprint density at radius 3 is 2.70 bits per heavy atom. The number of urea groups is 1. The Morgan fingerprint density at radius 2 is 1.93 bits per heavy atom. The number of nitrogens with one attached hydrogen (secondary N) is 1. The molecule has 3 unspecified atom stereocenters. The van der Waals surface area contributed by atoms with Crippen LogP contribution in [0.4, 0.5) is 23.7 Å². The molecular formula is C18H14Cl2F3N3O. The number of carbonyl (C=O) groups excluding carboxylic acids is 1. The Bertz CT molecular complexity index is 915. The van der Waals surface area contributed by atoms with Crippen molar-refractivity contribution in [2.45, 2.75) is 31.3 Å². The van der Waals surface area contributed by atoms with Gasteiger partial charge in [-0.25, -0.2) is 18.6 Å². The summed E-state index contributed by atoms with van der Waals surface area (Å²) in [7, 11) is 0. The molecule has 0 aliphatic carbocycles. The molecule has 1 saturated heterocycles. The summed E-state index contributed by atoms with van der Waals surface area (Å²) in [5.41, 5.74) is 0.556. The average Bonchev–Trinajstić information content (AvgIpc) is 2.97. The molecular weight excluding hydrogens is 402 g/mol. The highest BCUT2D eigenvalue weighted by Gasteiger charge is 2.46. The van der Waals surface area contributed by atoms with Crippen LogP contribution >= 0.6 is 23.2 Å². The Kier molecular flexibility index (Phi) is 4.68. The molecule has 3 aliphatic rings. The van der Waals surface area contributed by atoms with E-state index in [1.54, 1.807) is 4.90 Å². The molecule has 4 nitrogen and oxygen atoms in total. The third-order valence-corrected chi connectivity index (χ3v) is 5.89. The fourth-order valence-electron chi connectivity index (χ4n) is 3.96. The molecule has 1 aromatic rings. The summed E-state index contributed by atoms with van der Waals surface area (Å²) in [6.07, 6.45) is 4.21. The van der Waals surface area contributed by atoms with Crippen molar-refractivity contribution >= 4 is 41.1 Å². The molecule has 3 atom stereocenters. The zero-order valence-electron chi connectivity index (χ0n) is 13.9. The van der Waals surface area contributed by atoms with Crippen LogP contribution in [0.2, 0.25) is 10.0 Å². The Morgan fingerprint density at radius 1 is 1.19 bits per heavy atom. The summed E-state index contributed by atoms with van der Waals surface area (Å²) in [6.45, 7) is 0. The number of allylic oxidation sites excluding steroid dienone is 1. The molecule has 9 heteroatoms. The number of benzene rings is 1. The Hall–Kier alpha value is -1.99. The predicted molar refractivity (Wildman–Crippen MR) is 98.0 cm³/mol. The van der Waals surface area contributed by atoms with Gasteiger partial charge in [0, 0.05) is 24.6 Å². The molecule has 0 radical (unpaired) electrons. The van der Waals surface area contributed by atoms with Gasteiger partial charge in [0.2, 0.25) is 5.95 Å². The van der Waals surface area contributed by atoms with E-state index in [-0.39, 0.29) is 40.2 Å². The van der Waals surface area contributed by atoms with Gasteiger partial charge in [-0.3, -0.25) is 0 Å². The van der Waals surface area contributed by atoms with Gasteiger partial charge in [0.05, 0.1) is 21.8 Å². The molecule has 4 bridgehead atoms. The monoisotopic (exact) mass is 415 g/mol. The molecule has 142 valence electrons. The van der Waals surface area contributed by atoms with Gasteiger partial charge in [-0.2, -0.15) is 4.39 Å². The van der Waals surface area contributed by atoms with Crippen LogP contribution < -0.4 is 5.32 Å². The maximum atomic E-state index is 14.1. The molecule has 4 rings (SSSR count). The molecule has 0 spiro atoms. The average molecular weight is 416 g/mol. The highest BCUT2D eigenvalue weighted by atomic mass is 35.5. The quantitative estimate of drug-likeness (QED) is 0.468.